The van der Waals surface area contributed by atoms with E-state index in [-0.39, 0.29) is 24.0 Å². The minimum absolute atomic E-state index is 0. The van der Waals surface area contributed by atoms with Gasteiger partial charge in [0.15, 0.2) is 5.96 Å². The van der Waals surface area contributed by atoms with Gasteiger partial charge in [0.05, 0.1) is 7.11 Å². The second kappa shape index (κ2) is 9.52. The number of halogens is 1. The molecule has 130 valence electrons. The van der Waals surface area contributed by atoms with Crippen molar-refractivity contribution in [3.8, 4) is 5.75 Å². The van der Waals surface area contributed by atoms with Crippen molar-refractivity contribution < 1.29 is 4.74 Å². The average molecular weight is 439 g/mol. The Hall–Kier alpha value is -1.76. The van der Waals surface area contributed by atoms with Gasteiger partial charge in [0.25, 0.3) is 0 Å². The summed E-state index contributed by atoms with van der Waals surface area (Å²) in [7, 11) is 1.69. The number of aryl methyl sites for hydroxylation is 3. The van der Waals surface area contributed by atoms with Crippen LogP contribution in [0.1, 0.15) is 22.3 Å². The van der Waals surface area contributed by atoms with E-state index in [1.54, 1.807) is 7.11 Å². The number of anilines is 1. The number of hydrogen-bond donors (Lipinski definition) is 2. The van der Waals surface area contributed by atoms with E-state index >= 15 is 0 Å². The quantitative estimate of drug-likeness (QED) is 0.417. The fourth-order valence-electron chi connectivity index (χ4n) is 2.56. The molecule has 0 spiro atoms. The SMILES string of the molecule is COc1cc(CCN=C(N)Nc2cc(C)cc(C)c2)ccc1C.I. The van der Waals surface area contributed by atoms with E-state index in [0.29, 0.717) is 12.5 Å². The maximum atomic E-state index is 5.96. The average Bonchev–Trinajstić information content (AvgIpc) is 2.47. The van der Waals surface area contributed by atoms with Gasteiger partial charge in [-0.1, -0.05) is 18.2 Å². The van der Waals surface area contributed by atoms with Crippen LogP contribution in [0.2, 0.25) is 0 Å². The first-order valence-electron chi connectivity index (χ1n) is 7.76. The molecule has 0 aromatic heterocycles. The maximum absolute atomic E-state index is 5.96. The lowest BCUT2D eigenvalue weighted by molar-refractivity contribution is 0.411. The highest BCUT2D eigenvalue weighted by Crippen LogP contribution is 2.19. The Balaban J connectivity index is 0.00000288. The van der Waals surface area contributed by atoms with Crippen molar-refractivity contribution in [3.63, 3.8) is 0 Å². The summed E-state index contributed by atoms with van der Waals surface area (Å²) < 4.78 is 5.34. The molecule has 24 heavy (non-hydrogen) atoms. The second-order valence-corrected chi connectivity index (χ2v) is 5.82. The Labute approximate surface area is 161 Å². The normalized spacial score (nSPS) is 10.9. The van der Waals surface area contributed by atoms with Crippen LogP contribution in [0.15, 0.2) is 41.4 Å². The van der Waals surface area contributed by atoms with Gasteiger partial charge in [-0.15, -0.1) is 24.0 Å². The van der Waals surface area contributed by atoms with Crippen LogP contribution in [-0.4, -0.2) is 19.6 Å². The second-order valence-electron chi connectivity index (χ2n) is 5.82. The third-order valence-corrected chi connectivity index (χ3v) is 3.65. The minimum Gasteiger partial charge on any atom is -0.496 e. The first-order valence-corrected chi connectivity index (χ1v) is 7.76. The Bertz CT molecular complexity index is 694. The van der Waals surface area contributed by atoms with Gasteiger partial charge in [0.1, 0.15) is 5.75 Å². The van der Waals surface area contributed by atoms with Gasteiger partial charge in [-0.25, -0.2) is 0 Å². The summed E-state index contributed by atoms with van der Waals surface area (Å²) in [4.78, 5) is 4.39. The highest BCUT2D eigenvalue weighted by Gasteiger charge is 2.01. The Kier molecular flexibility index (Phi) is 8.04. The molecule has 0 bridgehead atoms. The van der Waals surface area contributed by atoms with E-state index in [9.17, 15) is 0 Å². The van der Waals surface area contributed by atoms with Gasteiger partial charge < -0.3 is 15.8 Å². The molecular formula is C19H26IN3O. The molecule has 0 saturated heterocycles. The molecule has 3 N–H and O–H groups in total. The zero-order chi connectivity index (χ0) is 16.8. The fourth-order valence-corrected chi connectivity index (χ4v) is 2.56. The van der Waals surface area contributed by atoms with Crippen molar-refractivity contribution in [1.82, 2.24) is 0 Å². The molecule has 2 aromatic rings. The summed E-state index contributed by atoms with van der Waals surface area (Å²) in [6, 6.07) is 12.5. The van der Waals surface area contributed by atoms with Crippen LogP contribution in [-0.2, 0) is 6.42 Å². The molecule has 4 nitrogen and oxygen atoms in total. The van der Waals surface area contributed by atoms with Gasteiger partial charge in [-0.05, 0) is 67.6 Å². The zero-order valence-corrected chi connectivity index (χ0v) is 17.0. The summed E-state index contributed by atoms with van der Waals surface area (Å²) in [6.45, 7) is 6.80. The van der Waals surface area contributed by atoms with Crippen LogP contribution in [0.3, 0.4) is 0 Å². The zero-order valence-electron chi connectivity index (χ0n) is 14.7. The molecule has 0 amide bonds. The number of aliphatic imine (C=N–C) groups is 1. The summed E-state index contributed by atoms with van der Waals surface area (Å²) in [5.74, 6) is 1.35. The molecule has 0 aliphatic rings. The summed E-state index contributed by atoms with van der Waals surface area (Å²) in [6.07, 6.45) is 0.825. The number of guanidine groups is 1. The Morgan fingerprint density at radius 2 is 1.75 bits per heavy atom. The van der Waals surface area contributed by atoms with Crippen molar-refractivity contribution in [2.75, 3.05) is 19.0 Å². The van der Waals surface area contributed by atoms with Crippen molar-refractivity contribution in [3.05, 3.63) is 58.7 Å². The number of nitrogens with zero attached hydrogens (tertiary/aromatic N) is 1. The minimum atomic E-state index is 0. The molecule has 0 aliphatic carbocycles. The molecule has 0 heterocycles. The molecule has 2 aromatic carbocycles. The van der Waals surface area contributed by atoms with E-state index in [4.69, 9.17) is 10.5 Å². The fraction of sp³-hybridized carbons (Fsp3) is 0.316. The van der Waals surface area contributed by atoms with Crippen molar-refractivity contribution in [2.45, 2.75) is 27.2 Å². The number of rotatable bonds is 5. The van der Waals surface area contributed by atoms with Crippen LogP contribution in [0, 0.1) is 20.8 Å². The largest absolute Gasteiger partial charge is 0.496 e. The highest BCUT2D eigenvalue weighted by atomic mass is 127. The van der Waals surface area contributed by atoms with E-state index in [0.717, 1.165) is 23.4 Å². The maximum Gasteiger partial charge on any atom is 0.193 e. The van der Waals surface area contributed by atoms with Gasteiger partial charge in [0, 0.05) is 12.2 Å². The van der Waals surface area contributed by atoms with E-state index in [2.05, 4.69) is 60.6 Å². The smallest absolute Gasteiger partial charge is 0.193 e. The number of benzene rings is 2. The molecule has 0 saturated carbocycles. The van der Waals surface area contributed by atoms with Gasteiger partial charge in [-0.2, -0.15) is 0 Å². The predicted octanol–water partition coefficient (Wildman–Crippen LogP) is 4.21. The van der Waals surface area contributed by atoms with E-state index in [1.807, 2.05) is 6.92 Å². The van der Waals surface area contributed by atoms with Gasteiger partial charge in [-0.3, -0.25) is 4.99 Å². The molecule has 2 rings (SSSR count). The molecule has 5 heteroatoms. The van der Waals surface area contributed by atoms with Crippen molar-refractivity contribution in [2.24, 2.45) is 10.7 Å². The lowest BCUT2D eigenvalue weighted by Gasteiger charge is -2.09. The number of nitrogens with two attached hydrogens (primary N) is 1. The summed E-state index contributed by atoms with van der Waals surface area (Å²) in [5, 5.41) is 3.14. The highest BCUT2D eigenvalue weighted by molar-refractivity contribution is 14.0. The Morgan fingerprint density at radius 3 is 2.38 bits per heavy atom. The standard InChI is InChI=1S/C19H25N3O.HI/c1-13-9-14(2)11-17(10-13)22-19(20)21-8-7-16-6-5-15(3)18(12-16)23-4;/h5-6,9-12H,7-8H2,1-4H3,(H3,20,21,22);1H. The van der Waals surface area contributed by atoms with Gasteiger partial charge >= 0.3 is 0 Å². The summed E-state index contributed by atoms with van der Waals surface area (Å²) >= 11 is 0. The van der Waals surface area contributed by atoms with Crippen LogP contribution in [0.25, 0.3) is 0 Å². The lowest BCUT2D eigenvalue weighted by Crippen LogP contribution is -2.23. The first-order chi connectivity index (χ1) is 11.0. The van der Waals surface area contributed by atoms with Crippen molar-refractivity contribution in [1.29, 1.82) is 0 Å². The molecule has 0 atom stereocenters. The monoisotopic (exact) mass is 439 g/mol. The number of ether oxygens (including phenoxy) is 1. The molecule has 0 aliphatic heterocycles. The Morgan fingerprint density at radius 1 is 1.08 bits per heavy atom. The molecule has 0 unspecified atom stereocenters. The molecule has 0 radical (unpaired) electrons. The number of methoxy groups -OCH3 is 1. The molecule has 0 fully saturated rings. The van der Waals surface area contributed by atoms with E-state index < -0.39 is 0 Å². The topological polar surface area (TPSA) is 59.6 Å². The first kappa shape index (κ1) is 20.3. The number of nitrogens with one attached hydrogen (secondary N) is 1. The van der Waals surface area contributed by atoms with Crippen LogP contribution < -0.4 is 15.8 Å². The molecular weight excluding hydrogens is 413 g/mol. The van der Waals surface area contributed by atoms with Gasteiger partial charge in [0.2, 0.25) is 0 Å². The van der Waals surface area contributed by atoms with Crippen LogP contribution in [0.4, 0.5) is 5.69 Å². The summed E-state index contributed by atoms with van der Waals surface area (Å²) in [5.41, 5.74) is 11.7. The third-order valence-electron chi connectivity index (χ3n) is 3.65. The van der Waals surface area contributed by atoms with Crippen LogP contribution in [0.5, 0.6) is 5.75 Å². The van der Waals surface area contributed by atoms with Crippen LogP contribution >= 0.6 is 24.0 Å². The third kappa shape index (κ3) is 6.03. The number of hydrogen-bond acceptors (Lipinski definition) is 2. The van der Waals surface area contributed by atoms with E-state index in [1.165, 1.54) is 16.7 Å². The van der Waals surface area contributed by atoms with Crippen molar-refractivity contribution >= 4 is 35.6 Å². The lowest BCUT2D eigenvalue weighted by atomic mass is 10.1. The predicted molar refractivity (Wildman–Crippen MR) is 113 cm³/mol.